The highest BCUT2D eigenvalue weighted by Gasteiger charge is 2.19. The van der Waals surface area contributed by atoms with Gasteiger partial charge in [0.15, 0.2) is 12.4 Å². The van der Waals surface area contributed by atoms with Crippen LogP contribution < -0.4 is 20.2 Å². The zero-order valence-corrected chi connectivity index (χ0v) is 18.9. The first-order chi connectivity index (χ1) is 15.9. The van der Waals surface area contributed by atoms with E-state index in [-0.39, 0.29) is 23.5 Å². The average molecular weight is 464 g/mol. The molecule has 1 heterocycles. The first-order valence-electron chi connectivity index (χ1n) is 10.4. The molecule has 0 aliphatic carbocycles. The van der Waals surface area contributed by atoms with Crippen LogP contribution in [0.2, 0.25) is 5.02 Å². The molecule has 0 bridgehead atoms. The third-order valence-corrected chi connectivity index (χ3v) is 5.16. The summed E-state index contributed by atoms with van der Waals surface area (Å²) in [7, 11) is 0. The summed E-state index contributed by atoms with van der Waals surface area (Å²) in [6, 6.07) is 19.3. The van der Waals surface area contributed by atoms with Gasteiger partial charge in [0, 0.05) is 16.3 Å². The molecular formula is C26H22ClNO5. The lowest BCUT2D eigenvalue weighted by Gasteiger charge is -2.12. The lowest BCUT2D eigenvalue weighted by molar-refractivity contribution is -0.118. The highest BCUT2D eigenvalue weighted by atomic mass is 35.5. The van der Waals surface area contributed by atoms with Gasteiger partial charge < -0.3 is 19.2 Å². The van der Waals surface area contributed by atoms with E-state index in [1.165, 1.54) is 6.07 Å². The number of nitrogens with one attached hydrogen (secondary N) is 1. The van der Waals surface area contributed by atoms with E-state index in [1.807, 2.05) is 38.1 Å². The Labute approximate surface area is 195 Å². The van der Waals surface area contributed by atoms with Gasteiger partial charge in [0.1, 0.15) is 11.3 Å². The van der Waals surface area contributed by atoms with Crippen LogP contribution in [-0.4, -0.2) is 19.1 Å². The van der Waals surface area contributed by atoms with Crippen LogP contribution in [0.3, 0.4) is 0 Å². The number of hydrogen-bond acceptors (Lipinski definition) is 5. The van der Waals surface area contributed by atoms with Crippen molar-refractivity contribution in [3.63, 3.8) is 0 Å². The zero-order chi connectivity index (χ0) is 23.4. The minimum Gasteiger partial charge on any atom is -0.494 e. The number of amides is 1. The molecule has 0 saturated carbocycles. The van der Waals surface area contributed by atoms with Gasteiger partial charge >= 0.3 is 0 Å². The van der Waals surface area contributed by atoms with Gasteiger partial charge in [0.25, 0.3) is 5.91 Å². The molecule has 0 fully saturated rings. The number of benzene rings is 3. The molecule has 168 valence electrons. The fraction of sp³-hybridized carbons (Fsp3) is 0.154. The molecule has 1 N–H and O–H groups in total. The maximum Gasteiger partial charge on any atom is 0.262 e. The average Bonchev–Trinajstić information content (AvgIpc) is 2.81. The predicted octanol–water partition coefficient (Wildman–Crippen LogP) is 5.84. The molecule has 1 aromatic heterocycles. The molecule has 0 radical (unpaired) electrons. The highest BCUT2D eigenvalue weighted by molar-refractivity contribution is 6.31. The molecule has 0 unspecified atom stereocenters. The second-order valence-corrected chi connectivity index (χ2v) is 7.83. The number of hydrogen-bond donors (Lipinski definition) is 1. The summed E-state index contributed by atoms with van der Waals surface area (Å²) < 4.78 is 17.1. The van der Waals surface area contributed by atoms with Crippen LogP contribution in [0.25, 0.3) is 22.3 Å². The Morgan fingerprint density at radius 2 is 1.73 bits per heavy atom. The van der Waals surface area contributed by atoms with Crippen molar-refractivity contribution in [2.75, 3.05) is 18.5 Å². The van der Waals surface area contributed by atoms with Crippen molar-refractivity contribution in [1.82, 2.24) is 0 Å². The Balaban J connectivity index is 1.62. The second kappa shape index (κ2) is 9.79. The van der Waals surface area contributed by atoms with E-state index in [4.69, 9.17) is 25.5 Å². The van der Waals surface area contributed by atoms with E-state index in [0.717, 1.165) is 5.56 Å². The quantitative estimate of drug-likeness (QED) is 0.372. The first-order valence-corrected chi connectivity index (χ1v) is 10.8. The number of carbonyl (C=O) groups excluding carboxylic acids is 1. The Morgan fingerprint density at radius 1 is 1.00 bits per heavy atom. The van der Waals surface area contributed by atoms with E-state index >= 15 is 0 Å². The van der Waals surface area contributed by atoms with Crippen molar-refractivity contribution in [3.05, 3.63) is 87.5 Å². The Hall–Kier alpha value is -3.77. The van der Waals surface area contributed by atoms with Crippen molar-refractivity contribution in [2.24, 2.45) is 0 Å². The lowest BCUT2D eigenvalue weighted by atomic mass is 10.1. The summed E-state index contributed by atoms with van der Waals surface area (Å²) in [5.74, 6) is 0.501. The predicted molar refractivity (Wildman–Crippen MR) is 129 cm³/mol. The van der Waals surface area contributed by atoms with E-state index in [9.17, 15) is 9.59 Å². The van der Waals surface area contributed by atoms with Gasteiger partial charge in [-0.05, 0) is 56.3 Å². The van der Waals surface area contributed by atoms with Gasteiger partial charge in [-0.2, -0.15) is 0 Å². The Morgan fingerprint density at radius 3 is 2.42 bits per heavy atom. The van der Waals surface area contributed by atoms with Crippen molar-refractivity contribution >= 4 is 34.2 Å². The topological polar surface area (TPSA) is 77.8 Å². The smallest absolute Gasteiger partial charge is 0.262 e. The molecule has 7 heteroatoms. The van der Waals surface area contributed by atoms with Crippen molar-refractivity contribution < 1.29 is 18.7 Å². The Kier molecular flexibility index (Phi) is 6.66. The van der Waals surface area contributed by atoms with Crippen molar-refractivity contribution in [2.45, 2.75) is 13.8 Å². The number of fused-ring (bicyclic) bond motifs is 1. The van der Waals surface area contributed by atoms with Gasteiger partial charge in [0.05, 0.1) is 12.0 Å². The summed E-state index contributed by atoms with van der Waals surface area (Å²) in [5.41, 5.74) is 2.29. The van der Waals surface area contributed by atoms with Gasteiger partial charge in [-0.15, -0.1) is 0 Å². The van der Waals surface area contributed by atoms with E-state index in [2.05, 4.69) is 5.32 Å². The highest BCUT2D eigenvalue weighted by Crippen LogP contribution is 2.32. The van der Waals surface area contributed by atoms with Gasteiger partial charge in [-0.1, -0.05) is 41.4 Å². The summed E-state index contributed by atoms with van der Waals surface area (Å²) in [6.45, 7) is 4.05. The van der Waals surface area contributed by atoms with Crippen LogP contribution in [-0.2, 0) is 4.79 Å². The SMILES string of the molecule is CCOc1ccc(NC(=O)COc2c(-c3ccc(C)cc3)oc3ccc(Cl)cc3c2=O)cc1. The molecule has 1 amide bonds. The third kappa shape index (κ3) is 5.18. The van der Waals surface area contributed by atoms with E-state index in [1.54, 1.807) is 36.4 Å². The maximum absolute atomic E-state index is 13.2. The number of anilines is 1. The van der Waals surface area contributed by atoms with Gasteiger partial charge in [0.2, 0.25) is 11.2 Å². The fourth-order valence-corrected chi connectivity index (χ4v) is 3.48. The molecule has 4 rings (SSSR count). The third-order valence-electron chi connectivity index (χ3n) is 4.92. The van der Waals surface area contributed by atoms with E-state index < -0.39 is 11.3 Å². The molecule has 0 atom stereocenters. The van der Waals surface area contributed by atoms with Crippen molar-refractivity contribution in [1.29, 1.82) is 0 Å². The summed E-state index contributed by atoms with van der Waals surface area (Å²) in [5, 5.41) is 3.42. The molecule has 6 nitrogen and oxygen atoms in total. The van der Waals surface area contributed by atoms with Crippen LogP contribution in [0, 0.1) is 6.92 Å². The number of rotatable bonds is 7. The number of halogens is 1. The summed E-state index contributed by atoms with van der Waals surface area (Å²) in [4.78, 5) is 25.7. The molecule has 33 heavy (non-hydrogen) atoms. The molecule has 0 aliphatic rings. The van der Waals surface area contributed by atoms with Crippen LogP contribution in [0.4, 0.5) is 5.69 Å². The van der Waals surface area contributed by atoms with Crippen LogP contribution >= 0.6 is 11.6 Å². The summed E-state index contributed by atoms with van der Waals surface area (Å²) >= 11 is 6.07. The molecule has 0 spiro atoms. The molecule has 0 aliphatic heterocycles. The van der Waals surface area contributed by atoms with Crippen LogP contribution in [0.15, 0.2) is 75.9 Å². The van der Waals surface area contributed by atoms with Gasteiger partial charge in [-0.3, -0.25) is 9.59 Å². The minimum atomic E-state index is -0.417. The zero-order valence-electron chi connectivity index (χ0n) is 18.2. The number of aryl methyl sites for hydroxylation is 1. The fourth-order valence-electron chi connectivity index (χ4n) is 3.31. The van der Waals surface area contributed by atoms with Gasteiger partial charge in [-0.25, -0.2) is 0 Å². The molecular weight excluding hydrogens is 442 g/mol. The lowest BCUT2D eigenvalue weighted by Crippen LogP contribution is -2.22. The summed E-state index contributed by atoms with van der Waals surface area (Å²) in [6.07, 6.45) is 0. The monoisotopic (exact) mass is 463 g/mol. The van der Waals surface area contributed by atoms with Crippen molar-refractivity contribution in [3.8, 4) is 22.8 Å². The number of carbonyl (C=O) groups is 1. The standard InChI is InChI=1S/C26H22ClNO5/c1-3-31-20-11-9-19(10-12-20)28-23(29)15-32-26-24(30)21-14-18(27)8-13-22(21)33-25(26)17-6-4-16(2)5-7-17/h4-14H,3,15H2,1-2H3,(H,28,29). The first kappa shape index (κ1) is 22.4. The number of ether oxygens (including phenoxy) is 2. The largest absolute Gasteiger partial charge is 0.494 e. The van der Waals surface area contributed by atoms with Crippen LogP contribution in [0.1, 0.15) is 12.5 Å². The van der Waals surface area contributed by atoms with Crippen LogP contribution in [0.5, 0.6) is 11.5 Å². The molecule has 4 aromatic rings. The van der Waals surface area contributed by atoms with E-state index in [0.29, 0.717) is 34.2 Å². The minimum absolute atomic E-state index is 0.0459. The normalized spacial score (nSPS) is 10.8. The molecule has 0 saturated heterocycles. The molecule has 3 aromatic carbocycles. The second-order valence-electron chi connectivity index (χ2n) is 7.39. The maximum atomic E-state index is 13.2. The Bertz CT molecular complexity index is 1340.